The molecule has 0 radical (unpaired) electrons. The number of carbonyl (C=O) groups excluding carboxylic acids is 4. The second-order valence-electron chi connectivity index (χ2n) is 24.5. The molecule has 0 saturated carbocycles. The largest absolute Gasteiger partial charge is 0.497 e. The number of sulfonamides is 2. The Morgan fingerprint density at radius 3 is 1.37 bits per heavy atom. The Morgan fingerprint density at radius 1 is 0.550 bits per heavy atom. The maximum Gasteiger partial charge on any atom is 0.497 e. The van der Waals surface area contributed by atoms with Gasteiger partial charge in [0.1, 0.15) is 57.1 Å². The molecule has 2 N–H and O–H groups in total. The molecule has 0 spiro atoms. The summed E-state index contributed by atoms with van der Waals surface area (Å²) in [7, 11) is -2.59. The van der Waals surface area contributed by atoms with Crippen LogP contribution in [0.1, 0.15) is 80.3 Å². The Labute approximate surface area is 581 Å². The van der Waals surface area contributed by atoms with E-state index < -0.39 is 67.6 Å². The summed E-state index contributed by atoms with van der Waals surface area (Å²) < 4.78 is 143. The van der Waals surface area contributed by atoms with Gasteiger partial charge in [0.25, 0.3) is 23.6 Å². The Morgan fingerprint density at radius 2 is 0.940 bits per heavy atom. The normalized spacial score (nSPS) is 14.6. The van der Waals surface area contributed by atoms with E-state index in [0.29, 0.717) is 67.7 Å². The van der Waals surface area contributed by atoms with Crippen molar-refractivity contribution in [3.63, 3.8) is 0 Å². The number of furan rings is 2. The van der Waals surface area contributed by atoms with Gasteiger partial charge in [-0.2, -0.15) is 0 Å². The number of aromatic nitrogens is 2. The molecule has 10 aromatic rings. The van der Waals surface area contributed by atoms with Crippen LogP contribution in [0, 0.1) is 23.3 Å². The second-order valence-corrected chi connectivity index (χ2v) is 29.4. The van der Waals surface area contributed by atoms with E-state index in [9.17, 15) is 53.6 Å². The average molecular weight is 1470 g/mol. The minimum absolute atomic E-state index is 0.0692. The summed E-state index contributed by atoms with van der Waals surface area (Å²) in [4.78, 5) is 63.4. The van der Waals surface area contributed by atoms with Crippen molar-refractivity contribution < 1.29 is 81.2 Å². The Hall–Kier alpha value is -10.1. The molecule has 0 bridgehead atoms. The molecular formula is C70H64BBrF4N8O14S2. The monoisotopic (exact) mass is 1470 g/mol. The van der Waals surface area contributed by atoms with E-state index in [2.05, 4.69) is 36.5 Å². The maximum atomic E-state index is 13.7. The number of benzene rings is 6. The molecule has 1 saturated heterocycles. The predicted molar refractivity (Wildman–Crippen MR) is 371 cm³/mol. The molecule has 518 valence electrons. The summed E-state index contributed by atoms with van der Waals surface area (Å²) in [5.74, 6) is -2.17. The van der Waals surface area contributed by atoms with Crippen LogP contribution in [0.2, 0.25) is 0 Å². The fourth-order valence-corrected chi connectivity index (χ4v) is 12.4. The number of nitrogens with one attached hydrogen (secondary N) is 2. The number of carbonyl (C=O) groups is 4. The Bertz CT molecular complexity index is 5090. The number of halogens is 5. The number of nitrogens with zero attached hydrogens (tertiary/aromatic N) is 6. The first-order valence-corrected chi connectivity index (χ1v) is 35.1. The van der Waals surface area contributed by atoms with E-state index in [1.165, 1.54) is 118 Å². The van der Waals surface area contributed by atoms with Crippen LogP contribution in [0.3, 0.4) is 0 Å². The van der Waals surface area contributed by atoms with Gasteiger partial charge in [-0.15, -0.1) is 0 Å². The number of ether oxygens (including phenoxy) is 2. The van der Waals surface area contributed by atoms with Crippen molar-refractivity contribution in [2.75, 3.05) is 62.8 Å². The van der Waals surface area contributed by atoms with E-state index in [1.54, 1.807) is 65.7 Å². The molecule has 3 aliphatic rings. The zero-order chi connectivity index (χ0) is 72.1. The quantitative estimate of drug-likeness (QED) is 0.0757. The highest BCUT2D eigenvalue weighted by molar-refractivity contribution is 9.10. The summed E-state index contributed by atoms with van der Waals surface area (Å²) in [5.41, 5.74) is 4.20. The van der Waals surface area contributed by atoms with Crippen LogP contribution in [-0.2, 0) is 42.4 Å². The molecule has 1 fully saturated rings. The van der Waals surface area contributed by atoms with Crippen molar-refractivity contribution in [2.45, 2.75) is 52.0 Å². The lowest BCUT2D eigenvalue weighted by molar-refractivity contribution is 0.00578. The fraction of sp³-hybridized carbons (Fsp3) is 0.229. The van der Waals surface area contributed by atoms with Gasteiger partial charge in [0.15, 0.2) is 13.5 Å². The molecular weight excluding hydrogens is 1410 g/mol. The summed E-state index contributed by atoms with van der Waals surface area (Å²) >= 11 is 3.28. The Kier molecular flexibility index (Phi) is 19.8. The highest BCUT2D eigenvalue weighted by Crippen LogP contribution is 2.44. The molecule has 0 unspecified atom stereocenters. The topological polar surface area (TPSA) is 263 Å². The van der Waals surface area contributed by atoms with Crippen molar-refractivity contribution in [3.05, 3.63) is 207 Å². The van der Waals surface area contributed by atoms with Gasteiger partial charge in [-0.05, 0) is 152 Å². The lowest BCUT2D eigenvalue weighted by Crippen LogP contribution is -2.41. The molecule has 100 heavy (non-hydrogen) atoms. The average Bonchev–Trinajstić information content (AvgIpc) is 1.56. The molecule has 4 amide bonds. The molecule has 13 rings (SSSR count). The SMILES string of the molecule is CNC(=O)c1c(-c2ccc(F)cc2)oc2cc(N(C)S(C)(=O)=O)c(-c3cnc4c(c3)C(=O)N(Cc3ccc(F)cc3)CO4)cc12.CNC(=O)c1c(-c2ccc(F)cc2)oc2cc(N(C)S(C)(=O)=O)c(B3OC(C)(C)C(C)(C)O3)cc12.O=C1c2cc(Br)cnc2OCN1Cc1ccc(F)cc1. The van der Waals surface area contributed by atoms with E-state index in [1.807, 2.05) is 27.7 Å². The molecule has 7 heterocycles. The van der Waals surface area contributed by atoms with Crippen LogP contribution in [0.4, 0.5) is 28.9 Å². The van der Waals surface area contributed by atoms with E-state index in [-0.39, 0.29) is 88.6 Å². The first-order chi connectivity index (χ1) is 47.2. The van der Waals surface area contributed by atoms with Gasteiger partial charge in [0.2, 0.25) is 31.8 Å². The lowest BCUT2D eigenvalue weighted by atomic mass is 9.77. The lowest BCUT2D eigenvalue weighted by Gasteiger charge is -2.32. The van der Waals surface area contributed by atoms with Crippen molar-refractivity contribution in [2.24, 2.45) is 0 Å². The summed E-state index contributed by atoms with van der Waals surface area (Å²) in [6, 6.07) is 32.3. The minimum Gasteiger partial charge on any atom is -0.456 e. The molecule has 4 aromatic heterocycles. The number of rotatable bonds is 14. The van der Waals surface area contributed by atoms with Gasteiger partial charge in [-0.25, -0.2) is 44.4 Å². The smallest absolute Gasteiger partial charge is 0.456 e. The molecule has 30 heteroatoms. The standard InChI is InChI=1S/C32H26F2N4O6S.C24H28BFN2O6S.C14H10BrFN2O2/c1-35-30(39)28-24-13-23(26(37(2)45(3,41)42)14-27(24)44-29(28)19-6-10-22(34)11-7-19)20-12-25-31(36-15-20)43-17-38(32(25)40)16-18-4-8-21(33)9-5-18;1-23(2)24(3,4)34-25(33-23)17-12-16-19(13-18(17)28(6)35(7,30)31)32-21(20(16)22(29)27-5)14-8-10-15(26)11-9-14;15-10-5-12-13(17-6-10)20-8-18(14(12)19)7-9-1-3-11(16)4-2-9/h4-15H,16-17H2,1-3H3,(H,35,39);8-13H,1-7H3,(H,27,29);1-6H,7-8H2. The minimum atomic E-state index is -3.79. The summed E-state index contributed by atoms with van der Waals surface area (Å²) in [6.45, 7) is 8.17. The van der Waals surface area contributed by atoms with Gasteiger partial charge >= 0.3 is 7.12 Å². The van der Waals surface area contributed by atoms with Gasteiger partial charge < -0.3 is 48.1 Å². The van der Waals surface area contributed by atoms with E-state index in [0.717, 1.165) is 31.2 Å². The number of hydrogen-bond acceptors (Lipinski definition) is 16. The van der Waals surface area contributed by atoms with Crippen molar-refractivity contribution in [3.8, 4) is 45.5 Å². The molecule has 0 aliphatic carbocycles. The number of fused-ring (bicyclic) bond motifs is 4. The summed E-state index contributed by atoms with van der Waals surface area (Å²) in [6.07, 6.45) is 5.16. The van der Waals surface area contributed by atoms with Crippen molar-refractivity contribution in [1.29, 1.82) is 0 Å². The third-order valence-corrected chi connectivity index (χ3v) is 20.1. The number of amides is 4. The highest BCUT2D eigenvalue weighted by atomic mass is 79.9. The van der Waals surface area contributed by atoms with Gasteiger partial charge in [0.05, 0.1) is 46.2 Å². The zero-order valence-corrected chi connectivity index (χ0v) is 58.6. The van der Waals surface area contributed by atoms with E-state index >= 15 is 0 Å². The maximum absolute atomic E-state index is 13.7. The second kappa shape index (κ2) is 27.9. The molecule has 3 aliphatic heterocycles. The van der Waals surface area contributed by atoms with Crippen molar-refractivity contribution >= 4 is 105 Å². The first kappa shape index (κ1) is 71.2. The first-order valence-electron chi connectivity index (χ1n) is 30.6. The predicted octanol–water partition coefficient (Wildman–Crippen LogP) is 11.5. The van der Waals surface area contributed by atoms with Crippen LogP contribution in [0.15, 0.2) is 159 Å². The van der Waals surface area contributed by atoms with Crippen LogP contribution in [-0.4, -0.2) is 133 Å². The zero-order valence-electron chi connectivity index (χ0n) is 55.4. The van der Waals surface area contributed by atoms with Crippen LogP contribution < -0.4 is 34.2 Å². The fourth-order valence-electron chi connectivity index (χ4n) is 11.0. The molecule has 0 atom stereocenters. The summed E-state index contributed by atoms with van der Waals surface area (Å²) in [5, 5.41) is 6.01. The Balaban J connectivity index is 0.000000162. The molecule has 6 aromatic carbocycles. The number of anilines is 2. The van der Waals surface area contributed by atoms with Gasteiger partial charge in [-0.1, -0.05) is 24.3 Å². The van der Waals surface area contributed by atoms with Crippen LogP contribution in [0.25, 0.3) is 55.7 Å². The number of hydrogen-bond donors (Lipinski definition) is 2. The third kappa shape index (κ3) is 14.6. The van der Waals surface area contributed by atoms with E-state index in [4.69, 9.17) is 27.6 Å². The molecule has 22 nitrogen and oxygen atoms in total. The van der Waals surface area contributed by atoms with Crippen LogP contribution >= 0.6 is 15.9 Å². The number of pyridine rings is 2. The van der Waals surface area contributed by atoms with Crippen LogP contribution in [0.5, 0.6) is 11.8 Å². The highest BCUT2D eigenvalue weighted by Gasteiger charge is 2.53. The van der Waals surface area contributed by atoms with Gasteiger partial charge in [0, 0.05) is 109 Å². The van der Waals surface area contributed by atoms with Crippen molar-refractivity contribution in [1.82, 2.24) is 30.4 Å². The van der Waals surface area contributed by atoms with Gasteiger partial charge in [-0.3, -0.25) is 27.8 Å². The third-order valence-electron chi connectivity index (χ3n) is 17.2.